The molecule has 0 saturated heterocycles. The van der Waals surface area contributed by atoms with Gasteiger partial charge < -0.3 is 10.1 Å². The predicted octanol–water partition coefficient (Wildman–Crippen LogP) is 3.46. The second kappa shape index (κ2) is 6.53. The smallest absolute Gasteiger partial charge is 0.332 e. The average Bonchev–Trinajstić information content (AvgIpc) is 3.07. The number of allylic oxidation sites excluding steroid dienone is 1. The number of carbonyl (C=O) groups is 2. The molecule has 3 aliphatic carbocycles. The minimum absolute atomic E-state index is 0.0185. The van der Waals surface area contributed by atoms with E-state index in [2.05, 4.69) is 38.2 Å². The van der Waals surface area contributed by atoms with Crippen molar-refractivity contribution in [3.05, 3.63) is 12.2 Å². The lowest BCUT2D eigenvalue weighted by molar-refractivity contribution is -0.166. The summed E-state index contributed by atoms with van der Waals surface area (Å²) in [5.41, 5.74) is -0.840. The Labute approximate surface area is 145 Å². The van der Waals surface area contributed by atoms with Gasteiger partial charge in [-0.25, -0.2) is 4.79 Å². The van der Waals surface area contributed by atoms with Gasteiger partial charge >= 0.3 is 5.97 Å². The summed E-state index contributed by atoms with van der Waals surface area (Å²) in [6, 6.07) is 0. The Morgan fingerprint density at radius 3 is 2.50 bits per heavy atom. The fraction of sp³-hybridized carbons (Fsp3) is 0.800. The van der Waals surface area contributed by atoms with Crippen molar-refractivity contribution in [3.8, 4) is 0 Å². The number of amides is 1. The van der Waals surface area contributed by atoms with E-state index >= 15 is 0 Å². The van der Waals surface area contributed by atoms with Crippen molar-refractivity contribution in [1.29, 1.82) is 0 Å². The summed E-state index contributed by atoms with van der Waals surface area (Å²) < 4.78 is 6.09. The van der Waals surface area contributed by atoms with Crippen LogP contribution in [-0.4, -0.2) is 23.5 Å². The largest absolute Gasteiger partial charge is 0.460 e. The normalized spacial score (nSPS) is 40.8. The third-order valence-electron chi connectivity index (χ3n) is 6.37. The first-order chi connectivity index (χ1) is 11.3. The van der Waals surface area contributed by atoms with E-state index in [1.54, 1.807) is 0 Å². The highest BCUT2D eigenvalue weighted by molar-refractivity contribution is 5.88. The van der Waals surface area contributed by atoms with Crippen molar-refractivity contribution < 1.29 is 14.3 Å². The molecule has 0 aromatic carbocycles. The maximum atomic E-state index is 13.2. The van der Waals surface area contributed by atoms with Gasteiger partial charge in [0.25, 0.3) is 0 Å². The van der Waals surface area contributed by atoms with Crippen LogP contribution in [0.25, 0.3) is 0 Å². The van der Waals surface area contributed by atoms with Crippen molar-refractivity contribution in [2.75, 3.05) is 0 Å². The Morgan fingerprint density at radius 2 is 1.96 bits per heavy atom. The highest BCUT2D eigenvalue weighted by Gasteiger charge is 2.56. The van der Waals surface area contributed by atoms with E-state index in [0.29, 0.717) is 30.1 Å². The van der Waals surface area contributed by atoms with Crippen LogP contribution in [0.15, 0.2) is 12.2 Å². The molecular formula is C20H31NO3. The molecule has 134 valence electrons. The first-order valence-electron chi connectivity index (χ1n) is 9.50. The maximum Gasteiger partial charge on any atom is 0.332 e. The molecule has 0 aromatic rings. The Kier molecular flexibility index (Phi) is 4.76. The molecule has 6 atom stereocenters. The molecule has 0 heterocycles. The van der Waals surface area contributed by atoms with E-state index in [1.165, 1.54) is 13.3 Å². The first kappa shape index (κ1) is 17.5. The van der Waals surface area contributed by atoms with Crippen LogP contribution in [0.2, 0.25) is 0 Å². The molecule has 1 amide bonds. The summed E-state index contributed by atoms with van der Waals surface area (Å²) in [6.45, 7) is 8.16. The second-order valence-electron chi connectivity index (χ2n) is 8.61. The number of hydrogen-bond acceptors (Lipinski definition) is 3. The molecule has 0 unspecified atom stereocenters. The molecule has 2 fully saturated rings. The molecule has 4 nitrogen and oxygen atoms in total. The number of carbonyl (C=O) groups excluding carboxylic acids is 2. The molecular weight excluding hydrogens is 302 g/mol. The van der Waals surface area contributed by atoms with E-state index in [9.17, 15) is 9.59 Å². The number of nitrogens with one attached hydrogen (secondary N) is 1. The maximum absolute atomic E-state index is 13.2. The Morgan fingerprint density at radius 1 is 1.21 bits per heavy atom. The Hall–Kier alpha value is -1.32. The molecule has 24 heavy (non-hydrogen) atoms. The van der Waals surface area contributed by atoms with Gasteiger partial charge in [-0.3, -0.25) is 4.79 Å². The third kappa shape index (κ3) is 3.12. The minimum atomic E-state index is -0.840. The van der Waals surface area contributed by atoms with Crippen molar-refractivity contribution in [2.45, 2.75) is 71.4 Å². The van der Waals surface area contributed by atoms with Crippen molar-refractivity contribution in [3.63, 3.8) is 0 Å². The zero-order valence-corrected chi connectivity index (χ0v) is 15.4. The van der Waals surface area contributed by atoms with Gasteiger partial charge in [0.2, 0.25) is 5.91 Å². The number of ether oxygens (including phenoxy) is 1. The molecule has 2 saturated carbocycles. The lowest BCUT2D eigenvalue weighted by Gasteiger charge is -2.40. The van der Waals surface area contributed by atoms with E-state index in [-0.39, 0.29) is 23.9 Å². The fourth-order valence-corrected chi connectivity index (χ4v) is 5.09. The molecule has 2 bridgehead atoms. The second-order valence-corrected chi connectivity index (χ2v) is 8.61. The summed E-state index contributed by atoms with van der Waals surface area (Å²) in [4.78, 5) is 24.9. The minimum Gasteiger partial charge on any atom is -0.460 e. The van der Waals surface area contributed by atoms with Crippen molar-refractivity contribution >= 4 is 11.9 Å². The highest BCUT2D eigenvalue weighted by Crippen LogP contribution is 2.47. The standard InChI is InChI=1S/C20H31NO3/c1-12(2)17-8-5-13(3)9-18(17)24-19(23)20(21-14(4)22)11-15-6-7-16(20)10-15/h6-7,12-13,15-18H,5,8-11H2,1-4H3,(H,21,22)/t13-,15-,16+,17+,18-,20-/m1/s1. The van der Waals surface area contributed by atoms with E-state index in [0.717, 1.165) is 19.3 Å². The summed E-state index contributed by atoms with van der Waals surface area (Å²) in [5.74, 6) is 1.64. The number of hydrogen-bond donors (Lipinski definition) is 1. The van der Waals surface area contributed by atoms with Gasteiger partial charge in [0, 0.05) is 12.8 Å². The lowest BCUT2D eigenvalue weighted by atomic mass is 9.75. The lowest BCUT2D eigenvalue weighted by Crippen LogP contribution is -2.58. The van der Waals surface area contributed by atoms with Gasteiger partial charge in [-0.2, -0.15) is 0 Å². The molecule has 1 N–H and O–H groups in total. The summed E-state index contributed by atoms with van der Waals surface area (Å²) in [6.07, 6.45) is 9.15. The molecule has 0 spiro atoms. The van der Waals surface area contributed by atoms with E-state index < -0.39 is 5.54 Å². The van der Waals surface area contributed by atoms with Gasteiger partial charge in [0.15, 0.2) is 0 Å². The van der Waals surface area contributed by atoms with Gasteiger partial charge in [-0.1, -0.05) is 39.3 Å². The van der Waals surface area contributed by atoms with Crippen LogP contribution in [0, 0.1) is 29.6 Å². The third-order valence-corrected chi connectivity index (χ3v) is 6.37. The zero-order chi connectivity index (χ0) is 17.5. The number of fused-ring (bicyclic) bond motifs is 2. The van der Waals surface area contributed by atoms with Gasteiger partial charge in [-0.05, 0) is 49.4 Å². The summed E-state index contributed by atoms with van der Waals surface area (Å²) >= 11 is 0. The molecule has 0 aromatic heterocycles. The Balaban J connectivity index is 1.78. The molecule has 3 rings (SSSR count). The quantitative estimate of drug-likeness (QED) is 0.633. The van der Waals surface area contributed by atoms with Crippen LogP contribution < -0.4 is 5.32 Å². The predicted molar refractivity (Wildman–Crippen MR) is 93.1 cm³/mol. The van der Waals surface area contributed by atoms with Crippen LogP contribution in [0.1, 0.15) is 59.8 Å². The topological polar surface area (TPSA) is 55.4 Å². The fourth-order valence-electron chi connectivity index (χ4n) is 5.09. The zero-order valence-electron chi connectivity index (χ0n) is 15.4. The molecule has 0 aliphatic heterocycles. The summed E-state index contributed by atoms with van der Waals surface area (Å²) in [5, 5.41) is 2.97. The molecule has 4 heteroatoms. The van der Waals surface area contributed by atoms with Gasteiger partial charge in [0.05, 0.1) is 0 Å². The van der Waals surface area contributed by atoms with Gasteiger partial charge in [0.1, 0.15) is 11.6 Å². The number of rotatable bonds is 4. The number of esters is 1. The van der Waals surface area contributed by atoms with Crippen molar-refractivity contribution in [1.82, 2.24) is 5.32 Å². The highest BCUT2D eigenvalue weighted by atomic mass is 16.5. The molecule has 3 aliphatic rings. The van der Waals surface area contributed by atoms with Crippen LogP contribution in [0.4, 0.5) is 0 Å². The van der Waals surface area contributed by atoms with Gasteiger partial charge in [-0.15, -0.1) is 0 Å². The SMILES string of the molecule is CC(=O)N[C@]1(C(=O)O[C@@H]2C[C@H](C)CC[C@H]2C(C)C)C[C@@H]2C=C[C@H]1C2. The van der Waals surface area contributed by atoms with Crippen molar-refractivity contribution in [2.24, 2.45) is 29.6 Å². The Bertz CT molecular complexity index is 541. The first-order valence-corrected chi connectivity index (χ1v) is 9.50. The monoisotopic (exact) mass is 333 g/mol. The average molecular weight is 333 g/mol. The van der Waals surface area contributed by atoms with Crippen LogP contribution in [0.3, 0.4) is 0 Å². The van der Waals surface area contributed by atoms with Crippen LogP contribution in [-0.2, 0) is 14.3 Å². The molecule has 0 radical (unpaired) electrons. The van der Waals surface area contributed by atoms with E-state index in [1.807, 2.05) is 0 Å². The summed E-state index contributed by atoms with van der Waals surface area (Å²) in [7, 11) is 0. The van der Waals surface area contributed by atoms with Crippen LogP contribution in [0.5, 0.6) is 0 Å². The van der Waals surface area contributed by atoms with E-state index in [4.69, 9.17) is 4.74 Å². The van der Waals surface area contributed by atoms with Crippen LogP contribution >= 0.6 is 0 Å².